The smallest absolute Gasteiger partial charge is 0.217 e. The van der Waals surface area contributed by atoms with Crippen LogP contribution in [0, 0.1) is 0 Å². The molecule has 4 fully saturated rings. The highest BCUT2D eigenvalue weighted by Gasteiger charge is 2.56. The van der Waals surface area contributed by atoms with Crippen molar-refractivity contribution in [3.63, 3.8) is 0 Å². The molecule has 4 saturated heterocycles. The molecule has 0 bridgehead atoms. The number of aliphatic hydroxyl groups is 12. The van der Waals surface area contributed by atoms with Gasteiger partial charge < -0.3 is 99.8 Å². The summed E-state index contributed by atoms with van der Waals surface area (Å²) in [5.41, 5.74) is 0. The van der Waals surface area contributed by atoms with Gasteiger partial charge in [-0.2, -0.15) is 0 Å². The van der Waals surface area contributed by atoms with E-state index in [1.165, 1.54) is 6.92 Å². The maximum Gasteiger partial charge on any atom is 0.217 e. The zero-order chi connectivity index (χ0) is 34.9. The Hall–Kier alpha value is -1.29. The second-order valence-corrected chi connectivity index (χ2v) is 11.9. The quantitative estimate of drug-likeness (QED) is 0.101. The first-order chi connectivity index (χ1) is 22.1. The topological polar surface area (TPSA) is 336 Å². The molecular weight excluding hydrogens is 646 g/mol. The van der Waals surface area contributed by atoms with Crippen LogP contribution in [0.25, 0.3) is 0 Å². The minimum atomic E-state index is -2.00. The van der Waals surface area contributed by atoms with Crippen LogP contribution < -0.4 is 5.32 Å². The Labute approximate surface area is 267 Å². The predicted molar refractivity (Wildman–Crippen MR) is 144 cm³/mol. The van der Waals surface area contributed by atoms with E-state index < -0.39 is 148 Å². The van der Waals surface area contributed by atoms with Gasteiger partial charge >= 0.3 is 0 Å². The van der Waals surface area contributed by atoms with Crippen molar-refractivity contribution >= 4 is 5.91 Å². The molecular formula is C26H45NO20. The number of amides is 1. The lowest BCUT2D eigenvalue weighted by Gasteiger charge is -2.50. The van der Waals surface area contributed by atoms with Crippen LogP contribution in [0.15, 0.2) is 0 Å². The van der Waals surface area contributed by atoms with Crippen LogP contribution >= 0.6 is 0 Å². The molecule has 4 rings (SSSR count). The van der Waals surface area contributed by atoms with Crippen LogP contribution in [0.1, 0.15) is 13.8 Å². The molecule has 0 aromatic heterocycles. The van der Waals surface area contributed by atoms with Crippen molar-refractivity contribution < 1.29 is 99.2 Å². The van der Waals surface area contributed by atoms with E-state index >= 15 is 0 Å². The van der Waals surface area contributed by atoms with E-state index in [-0.39, 0.29) is 0 Å². The fourth-order valence-electron chi connectivity index (χ4n) is 5.88. The van der Waals surface area contributed by atoms with Crippen molar-refractivity contribution in [2.75, 3.05) is 19.8 Å². The maximum atomic E-state index is 11.7. The maximum absolute atomic E-state index is 11.7. The molecule has 0 saturated carbocycles. The van der Waals surface area contributed by atoms with Gasteiger partial charge in [0.25, 0.3) is 0 Å². The summed E-state index contributed by atoms with van der Waals surface area (Å²) in [5, 5.41) is 127. The van der Waals surface area contributed by atoms with Crippen molar-refractivity contribution in [3.05, 3.63) is 0 Å². The van der Waals surface area contributed by atoms with E-state index in [2.05, 4.69) is 5.32 Å². The first-order valence-electron chi connectivity index (χ1n) is 15.0. The number of rotatable bonds is 10. The van der Waals surface area contributed by atoms with Crippen molar-refractivity contribution in [1.29, 1.82) is 0 Å². The summed E-state index contributed by atoms with van der Waals surface area (Å²) in [6.07, 6.45) is -32.7. The number of aliphatic hydroxyl groups excluding tert-OH is 12. The predicted octanol–water partition coefficient (Wildman–Crippen LogP) is -8.58. The summed E-state index contributed by atoms with van der Waals surface area (Å²) in [6, 6.07) is -1.48. The summed E-state index contributed by atoms with van der Waals surface area (Å²) < 4.78 is 39.3. The average Bonchev–Trinajstić information content (AvgIpc) is 3.04. The van der Waals surface area contributed by atoms with Crippen molar-refractivity contribution in [3.8, 4) is 0 Å². The SMILES string of the molecule is CC(=O)N[C@@H]1[C@@H](O)[C@H](O[C@@H]2O[C@H](CO)[C@H](O[C@H]3O[C@H](CO)[C@H](O)[C@H](O)[C@H]3O)[C@H](O)[C@H]2O[C@@H]2O[C@@H](C)[C@@H](O)[C@@H](O)[C@@H]2O)[C@@H](CO)O[C@H]1O. The van der Waals surface area contributed by atoms with Crippen LogP contribution in [-0.2, 0) is 38.0 Å². The molecule has 21 nitrogen and oxygen atoms in total. The fraction of sp³-hybridized carbons (Fsp3) is 0.962. The largest absolute Gasteiger partial charge is 0.394 e. The number of ether oxygens (including phenoxy) is 7. The first kappa shape index (κ1) is 38.5. The van der Waals surface area contributed by atoms with Gasteiger partial charge in [-0.05, 0) is 6.92 Å². The highest BCUT2D eigenvalue weighted by atomic mass is 16.8. The summed E-state index contributed by atoms with van der Waals surface area (Å²) in [7, 11) is 0. The molecule has 0 aromatic carbocycles. The van der Waals surface area contributed by atoms with Crippen LogP contribution in [0.5, 0.6) is 0 Å². The monoisotopic (exact) mass is 691 g/mol. The second-order valence-electron chi connectivity index (χ2n) is 11.9. The van der Waals surface area contributed by atoms with Gasteiger partial charge in [0.05, 0.1) is 25.9 Å². The van der Waals surface area contributed by atoms with E-state index in [9.17, 15) is 66.1 Å². The molecule has 4 heterocycles. The van der Waals surface area contributed by atoms with Crippen LogP contribution in [0.4, 0.5) is 0 Å². The molecule has 0 spiro atoms. The highest BCUT2D eigenvalue weighted by molar-refractivity contribution is 5.73. The summed E-state index contributed by atoms with van der Waals surface area (Å²) in [6.45, 7) is -0.128. The Morgan fingerprint density at radius 1 is 0.553 bits per heavy atom. The molecule has 0 unspecified atom stereocenters. The molecule has 47 heavy (non-hydrogen) atoms. The van der Waals surface area contributed by atoms with Crippen molar-refractivity contribution in [2.45, 2.75) is 137 Å². The molecule has 20 atom stereocenters. The molecule has 1 amide bonds. The molecule has 0 radical (unpaired) electrons. The Balaban J connectivity index is 1.65. The van der Waals surface area contributed by atoms with E-state index in [1.807, 2.05) is 0 Å². The molecule has 0 aliphatic carbocycles. The summed E-state index contributed by atoms with van der Waals surface area (Å²) in [5.74, 6) is -0.671. The minimum absolute atomic E-state index is 0.671. The zero-order valence-corrected chi connectivity index (χ0v) is 25.3. The van der Waals surface area contributed by atoms with Crippen molar-refractivity contribution in [2.24, 2.45) is 0 Å². The van der Waals surface area contributed by atoms with E-state index in [0.29, 0.717) is 0 Å². The molecule has 274 valence electrons. The normalized spacial score (nSPS) is 51.0. The number of nitrogens with one attached hydrogen (secondary N) is 1. The number of carbonyl (C=O) groups is 1. The third-order valence-corrected chi connectivity index (χ3v) is 8.57. The number of carbonyl (C=O) groups excluding carboxylic acids is 1. The van der Waals surface area contributed by atoms with E-state index in [0.717, 1.165) is 6.92 Å². The molecule has 4 aliphatic rings. The van der Waals surface area contributed by atoms with Gasteiger partial charge in [-0.15, -0.1) is 0 Å². The molecule has 13 N–H and O–H groups in total. The third-order valence-electron chi connectivity index (χ3n) is 8.57. The number of hydrogen-bond donors (Lipinski definition) is 13. The van der Waals surface area contributed by atoms with E-state index in [1.54, 1.807) is 0 Å². The van der Waals surface area contributed by atoms with Gasteiger partial charge in [0.15, 0.2) is 25.2 Å². The Bertz CT molecular complexity index is 1010. The lowest BCUT2D eigenvalue weighted by molar-refractivity contribution is -0.398. The average molecular weight is 692 g/mol. The third kappa shape index (κ3) is 8.04. The van der Waals surface area contributed by atoms with Crippen LogP contribution in [-0.4, -0.2) is 210 Å². The Kier molecular flexibility index (Phi) is 13.2. The van der Waals surface area contributed by atoms with Gasteiger partial charge in [0.1, 0.15) is 91.5 Å². The minimum Gasteiger partial charge on any atom is -0.394 e. The zero-order valence-electron chi connectivity index (χ0n) is 25.3. The van der Waals surface area contributed by atoms with Crippen molar-refractivity contribution in [1.82, 2.24) is 5.32 Å². The summed E-state index contributed by atoms with van der Waals surface area (Å²) >= 11 is 0. The van der Waals surface area contributed by atoms with Gasteiger partial charge in [-0.3, -0.25) is 4.79 Å². The highest BCUT2D eigenvalue weighted by Crippen LogP contribution is 2.35. The summed E-state index contributed by atoms with van der Waals surface area (Å²) in [4.78, 5) is 11.7. The van der Waals surface area contributed by atoms with Crippen LogP contribution in [0.3, 0.4) is 0 Å². The van der Waals surface area contributed by atoms with Gasteiger partial charge in [0.2, 0.25) is 5.91 Å². The fourth-order valence-corrected chi connectivity index (χ4v) is 5.88. The van der Waals surface area contributed by atoms with Gasteiger partial charge in [-0.1, -0.05) is 0 Å². The molecule has 4 aliphatic heterocycles. The standard InChI is InChI=1S/C26H45NO20/c1-6-12(32)15(35)17(37)24(41-6)47-22-19(39)21(45-25-18(38)16(36)13(33)8(3-28)43-25)10(5-30)44-26(22)46-20-9(4-29)42-23(40)11(14(20)34)27-7(2)31/h6,8-26,28-30,32-40H,3-5H2,1-2H3,(H,27,31)/t6-,8+,9+,10+,11+,12+,13-,14+,15+,16-,17-,18+,19-,20+,21-,22+,23+,24-,25+,26-/m0/s1. The van der Waals surface area contributed by atoms with Gasteiger partial charge in [0, 0.05) is 6.92 Å². The van der Waals surface area contributed by atoms with E-state index in [4.69, 9.17) is 33.2 Å². The second kappa shape index (κ2) is 16.2. The lowest BCUT2D eigenvalue weighted by atomic mass is 9.94. The molecule has 0 aromatic rings. The van der Waals surface area contributed by atoms with Gasteiger partial charge in [-0.25, -0.2) is 0 Å². The lowest BCUT2D eigenvalue weighted by Crippen LogP contribution is -2.69. The Morgan fingerprint density at radius 2 is 1.02 bits per heavy atom. The Morgan fingerprint density at radius 3 is 1.60 bits per heavy atom. The molecule has 21 heteroatoms. The van der Waals surface area contributed by atoms with Crippen LogP contribution in [0.2, 0.25) is 0 Å². The first-order valence-corrected chi connectivity index (χ1v) is 15.0. The number of hydrogen-bond acceptors (Lipinski definition) is 20.